The molecular weight excluding hydrogens is 253 g/mol. The third-order valence-electron chi connectivity index (χ3n) is 3.66. The van der Waals surface area contributed by atoms with E-state index in [0.717, 1.165) is 16.9 Å². The van der Waals surface area contributed by atoms with Crippen LogP contribution in [0.4, 0.5) is 4.39 Å². The van der Waals surface area contributed by atoms with Crippen molar-refractivity contribution in [3.63, 3.8) is 0 Å². The van der Waals surface area contributed by atoms with Crippen molar-refractivity contribution in [1.82, 2.24) is 15.1 Å². The van der Waals surface area contributed by atoms with Gasteiger partial charge in [-0.05, 0) is 56.1 Å². The smallest absolute Gasteiger partial charge is 0.126 e. The summed E-state index contributed by atoms with van der Waals surface area (Å²) in [6.45, 7) is 8.01. The highest BCUT2D eigenvalue weighted by Crippen LogP contribution is 2.25. The zero-order chi connectivity index (χ0) is 14.9. The molecule has 1 N–H and O–H groups in total. The van der Waals surface area contributed by atoms with Gasteiger partial charge in [-0.15, -0.1) is 0 Å². The lowest BCUT2D eigenvalue weighted by atomic mass is 10.0. The molecule has 0 saturated heterocycles. The molecule has 2 rings (SSSR count). The molecule has 1 heterocycles. The molecule has 3 nitrogen and oxygen atoms in total. The minimum absolute atomic E-state index is 0.0619. The van der Waals surface area contributed by atoms with E-state index < -0.39 is 0 Å². The number of benzene rings is 1. The van der Waals surface area contributed by atoms with Gasteiger partial charge in [0.15, 0.2) is 0 Å². The predicted octanol–water partition coefficient (Wildman–Crippen LogP) is 3.72. The first kappa shape index (κ1) is 14.7. The molecule has 0 fully saturated rings. The van der Waals surface area contributed by atoms with E-state index in [1.165, 1.54) is 0 Å². The number of rotatable bonds is 4. The molecule has 0 aliphatic heterocycles. The lowest BCUT2D eigenvalue weighted by molar-refractivity contribution is 0.596. The maximum Gasteiger partial charge on any atom is 0.126 e. The molecular formula is C16H22FN3. The lowest BCUT2D eigenvalue weighted by Gasteiger charge is -2.17. The Kier molecular flexibility index (Phi) is 4.23. The van der Waals surface area contributed by atoms with E-state index in [0.29, 0.717) is 11.5 Å². The van der Waals surface area contributed by atoms with Gasteiger partial charge < -0.3 is 5.32 Å². The molecule has 0 bridgehead atoms. The second-order valence-corrected chi connectivity index (χ2v) is 5.51. The molecule has 4 heteroatoms. The zero-order valence-electron chi connectivity index (χ0n) is 12.7. The van der Waals surface area contributed by atoms with E-state index in [-0.39, 0.29) is 11.9 Å². The average molecular weight is 275 g/mol. The summed E-state index contributed by atoms with van der Waals surface area (Å²) in [6.07, 6.45) is 1.94. The highest BCUT2D eigenvalue weighted by molar-refractivity contribution is 5.45. The van der Waals surface area contributed by atoms with E-state index in [4.69, 9.17) is 0 Å². The Bertz CT molecular complexity index is 602. The number of aryl methyl sites for hydroxylation is 1. The highest BCUT2D eigenvalue weighted by Gasteiger charge is 2.15. The number of nitrogens with zero attached hydrogens (tertiary/aromatic N) is 2. The van der Waals surface area contributed by atoms with Crippen LogP contribution in [0.1, 0.15) is 49.6 Å². The third kappa shape index (κ3) is 2.75. The molecule has 1 aromatic heterocycles. The van der Waals surface area contributed by atoms with Crippen molar-refractivity contribution in [2.45, 2.75) is 39.7 Å². The Balaban J connectivity index is 2.55. The van der Waals surface area contributed by atoms with E-state index >= 15 is 0 Å². The van der Waals surface area contributed by atoms with Crippen LogP contribution in [-0.2, 0) is 0 Å². The Labute approximate surface area is 119 Å². The van der Waals surface area contributed by atoms with Crippen LogP contribution < -0.4 is 5.32 Å². The van der Waals surface area contributed by atoms with Gasteiger partial charge in [0.25, 0.3) is 0 Å². The molecule has 0 amide bonds. The summed E-state index contributed by atoms with van der Waals surface area (Å²) in [5.74, 6) is 0.199. The van der Waals surface area contributed by atoms with E-state index in [1.807, 2.05) is 37.0 Å². The van der Waals surface area contributed by atoms with Gasteiger partial charge >= 0.3 is 0 Å². The first-order valence-electron chi connectivity index (χ1n) is 6.97. The molecule has 1 unspecified atom stereocenters. The third-order valence-corrected chi connectivity index (χ3v) is 3.66. The van der Waals surface area contributed by atoms with Gasteiger partial charge in [0, 0.05) is 12.2 Å². The van der Waals surface area contributed by atoms with Gasteiger partial charge in [0.05, 0.1) is 11.4 Å². The fourth-order valence-corrected chi connectivity index (χ4v) is 2.16. The Hall–Kier alpha value is -1.68. The quantitative estimate of drug-likeness (QED) is 0.921. The van der Waals surface area contributed by atoms with Gasteiger partial charge in [-0.1, -0.05) is 13.8 Å². The second kappa shape index (κ2) is 5.75. The van der Waals surface area contributed by atoms with Gasteiger partial charge in [-0.2, -0.15) is 5.10 Å². The molecule has 1 atom stereocenters. The summed E-state index contributed by atoms with van der Waals surface area (Å²) in [7, 11) is 1.87. The zero-order valence-corrected chi connectivity index (χ0v) is 12.7. The number of halogens is 1. The number of aromatic nitrogens is 2. The van der Waals surface area contributed by atoms with Gasteiger partial charge in [0.1, 0.15) is 5.82 Å². The molecule has 108 valence electrons. The Morgan fingerprint density at radius 2 is 1.95 bits per heavy atom. The van der Waals surface area contributed by atoms with Crippen molar-refractivity contribution in [2.24, 2.45) is 0 Å². The molecule has 20 heavy (non-hydrogen) atoms. The normalized spacial score (nSPS) is 12.9. The molecule has 0 radical (unpaired) electrons. The summed E-state index contributed by atoms with van der Waals surface area (Å²) in [5, 5.41) is 7.75. The van der Waals surface area contributed by atoms with Crippen molar-refractivity contribution >= 4 is 0 Å². The van der Waals surface area contributed by atoms with Crippen LogP contribution in [0.3, 0.4) is 0 Å². The molecule has 1 aromatic carbocycles. The molecule has 0 aliphatic rings. The molecule has 0 aliphatic carbocycles. The summed E-state index contributed by atoms with van der Waals surface area (Å²) in [4.78, 5) is 0. The minimum atomic E-state index is -0.179. The fraction of sp³-hybridized carbons (Fsp3) is 0.438. The Morgan fingerprint density at radius 3 is 2.50 bits per heavy atom. The van der Waals surface area contributed by atoms with Gasteiger partial charge in [-0.3, -0.25) is 0 Å². The van der Waals surface area contributed by atoms with Gasteiger partial charge in [0.2, 0.25) is 0 Å². The maximum atomic E-state index is 13.8. The van der Waals surface area contributed by atoms with E-state index in [1.54, 1.807) is 13.0 Å². The van der Waals surface area contributed by atoms with Crippen molar-refractivity contribution in [2.75, 3.05) is 7.05 Å². The largest absolute Gasteiger partial charge is 0.313 e. The summed E-state index contributed by atoms with van der Waals surface area (Å²) >= 11 is 0. The summed E-state index contributed by atoms with van der Waals surface area (Å²) in [6, 6.07) is 5.53. The first-order valence-corrected chi connectivity index (χ1v) is 6.97. The van der Waals surface area contributed by atoms with Crippen LogP contribution in [0.5, 0.6) is 0 Å². The average Bonchev–Trinajstić information content (AvgIpc) is 2.90. The summed E-state index contributed by atoms with van der Waals surface area (Å²) < 4.78 is 15.7. The topological polar surface area (TPSA) is 29.9 Å². The van der Waals surface area contributed by atoms with Crippen LogP contribution in [0, 0.1) is 12.7 Å². The van der Waals surface area contributed by atoms with Crippen molar-refractivity contribution in [1.29, 1.82) is 0 Å². The van der Waals surface area contributed by atoms with Crippen LogP contribution >= 0.6 is 0 Å². The Morgan fingerprint density at radius 1 is 1.25 bits per heavy atom. The highest BCUT2D eigenvalue weighted by atomic mass is 19.1. The molecule has 2 aromatic rings. The van der Waals surface area contributed by atoms with Crippen LogP contribution in [0.2, 0.25) is 0 Å². The SMILES string of the molecule is CNC(C)c1cc(F)c(C)cc1-n1ccc(C(C)C)n1. The number of hydrogen-bond donors (Lipinski definition) is 1. The fourth-order valence-electron chi connectivity index (χ4n) is 2.16. The van der Waals surface area contributed by atoms with Crippen molar-refractivity contribution in [3.05, 3.63) is 47.0 Å². The van der Waals surface area contributed by atoms with E-state index in [9.17, 15) is 4.39 Å². The molecule has 0 spiro atoms. The van der Waals surface area contributed by atoms with Crippen LogP contribution in [-0.4, -0.2) is 16.8 Å². The summed E-state index contributed by atoms with van der Waals surface area (Å²) in [5.41, 5.74) is 3.51. The first-order chi connectivity index (χ1) is 9.43. The van der Waals surface area contributed by atoms with Gasteiger partial charge in [-0.25, -0.2) is 9.07 Å². The van der Waals surface area contributed by atoms with E-state index in [2.05, 4.69) is 24.3 Å². The van der Waals surface area contributed by atoms with Crippen molar-refractivity contribution in [3.8, 4) is 5.69 Å². The second-order valence-electron chi connectivity index (χ2n) is 5.51. The number of hydrogen-bond acceptors (Lipinski definition) is 2. The predicted molar refractivity (Wildman–Crippen MR) is 79.8 cm³/mol. The minimum Gasteiger partial charge on any atom is -0.313 e. The van der Waals surface area contributed by atoms with Crippen LogP contribution in [0.25, 0.3) is 5.69 Å². The molecule has 0 saturated carbocycles. The standard InChI is InChI=1S/C16H22FN3/c1-10(2)15-6-7-20(19-15)16-8-11(3)14(17)9-13(16)12(4)18-5/h6-10,12,18H,1-5H3. The maximum absolute atomic E-state index is 13.8. The lowest BCUT2D eigenvalue weighted by Crippen LogP contribution is -2.16. The van der Waals surface area contributed by atoms with Crippen molar-refractivity contribution < 1.29 is 4.39 Å². The monoisotopic (exact) mass is 275 g/mol. The van der Waals surface area contributed by atoms with Crippen LogP contribution in [0.15, 0.2) is 24.4 Å². The number of nitrogens with one attached hydrogen (secondary N) is 1.